The molecule has 1 saturated heterocycles. The van der Waals surface area contributed by atoms with Crippen LogP contribution >= 0.6 is 0 Å². The van der Waals surface area contributed by atoms with E-state index in [-0.39, 0.29) is 11.9 Å². The van der Waals surface area contributed by atoms with Gasteiger partial charge in [0.15, 0.2) is 0 Å². The summed E-state index contributed by atoms with van der Waals surface area (Å²) in [7, 11) is 0. The molecule has 3 heteroatoms. The number of hydrogen-bond acceptors (Lipinski definition) is 2. The number of para-hydroxylation sites is 1. The molecule has 1 aliphatic heterocycles. The van der Waals surface area contributed by atoms with Gasteiger partial charge >= 0.3 is 0 Å². The van der Waals surface area contributed by atoms with Gasteiger partial charge in [0.2, 0.25) is 5.91 Å². The van der Waals surface area contributed by atoms with Gasteiger partial charge in [0, 0.05) is 5.69 Å². The molecule has 3 nitrogen and oxygen atoms in total. The van der Waals surface area contributed by atoms with Gasteiger partial charge in [0.25, 0.3) is 0 Å². The molecule has 0 bridgehead atoms. The smallest absolute Gasteiger partial charge is 0.241 e. The Balaban J connectivity index is 2.02. The van der Waals surface area contributed by atoms with Crippen LogP contribution in [0.25, 0.3) is 0 Å². The predicted molar refractivity (Wildman–Crippen MR) is 74.6 cm³/mol. The average Bonchev–Trinajstić information content (AvgIpc) is 2.39. The van der Waals surface area contributed by atoms with Crippen molar-refractivity contribution in [3.8, 4) is 0 Å². The molecule has 0 spiro atoms. The Labute approximate surface area is 109 Å². The number of rotatable bonds is 3. The molecule has 1 aromatic carbocycles. The van der Waals surface area contributed by atoms with Crippen LogP contribution in [0.2, 0.25) is 0 Å². The number of aryl methyl sites for hydroxylation is 1. The zero-order chi connectivity index (χ0) is 13.0. The molecule has 2 rings (SSSR count). The van der Waals surface area contributed by atoms with Gasteiger partial charge in [-0.2, -0.15) is 0 Å². The summed E-state index contributed by atoms with van der Waals surface area (Å²) in [5.41, 5.74) is 2.14. The van der Waals surface area contributed by atoms with Crippen molar-refractivity contribution in [3.63, 3.8) is 0 Å². The quantitative estimate of drug-likeness (QED) is 0.860. The molecule has 0 aliphatic carbocycles. The molecule has 0 aromatic heterocycles. The van der Waals surface area contributed by atoms with Crippen molar-refractivity contribution in [2.75, 3.05) is 11.9 Å². The van der Waals surface area contributed by atoms with Crippen molar-refractivity contribution in [1.82, 2.24) is 5.32 Å². The number of amides is 1. The summed E-state index contributed by atoms with van der Waals surface area (Å²) in [5.74, 6) is 0.728. The van der Waals surface area contributed by atoms with Crippen LogP contribution in [-0.4, -0.2) is 18.5 Å². The Morgan fingerprint density at radius 1 is 1.44 bits per heavy atom. The number of carbonyl (C=O) groups excluding carboxylic acids is 1. The highest BCUT2D eigenvalue weighted by atomic mass is 16.2. The molecule has 98 valence electrons. The van der Waals surface area contributed by atoms with Crippen LogP contribution in [0.15, 0.2) is 24.3 Å². The predicted octanol–water partition coefficient (Wildman–Crippen LogP) is 2.58. The fourth-order valence-electron chi connectivity index (χ4n) is 2.48. The van der Waals surface area contributed by atoms with Gasteiger partial charge in [-0.05, 0) is 43.4 Å². The third-order valence-corrected chi connectivity index (χ3v) is 3.64. The third-order valence-electron chi connectivity index (χ3n) is 3.64. The van der Waals surface area contributed by atoms with Crippen LogP contribution in [0.4, 0.5) is 5.69 Å². The summed E-state index contributed by atoms with van der Waals surface area (Å²) in [4.78, 5) is 12.2. The molecule has 2 unspecified atom stereocenters. The van der Waals surface area contributed by atoms with Crippen molar-refractivity contribution in [2.45, 2.75) is 39.2 Å². The van der Waals surface area contributed by atoms with Gasteiger partial charge in [0.05, 0.1) is 6.04 Å². The number of nitrogens with one attached hydrogen (secondary N) is 2. The molecule has 1 heterocycles. The zero-order valence-corrected chi connectivity index (χ0v) is 11.2. The molecule has 1 aromatic rings. The molecule has 1 aliphatic rings. The van der Waals surface area contributed by atoms with E-state index < -0.39 is 0 Å². The van der Waals surface area contributed by atoms with E-state index in [2.05, 4.69) is 30.5 Å². The Bertz CT molecular complexity index is 417. The summed E-state index contributed by atoms with van der Waals surface area (Å²) in [6.45, 7) is 5.25. The molecule has 18 heavy (non-hydrogen) atoms. The molecule has 1 fully saturated rings. The Morgan fingerprint density at radius 2 is 2.22 bits per heavy atom. The highest BCUT2D eigenvalue weighted by Gasteiger charge is 2.24. The summed E-state index contributed by atoms with van der Waals surface area (Å²) < 4.78 is 0. The molecule has 0 radical (unpaired) electrons. The normalized spacial score (nSPS) is 23.7. The second-order valence-electron chi connectivity index (χ2n) is 5.14. The SMILES string of the molecule is CCc1ccccc1NC(=O)C1CC(C)CCN1. The Kier molecular flexibility index (Phi) is 4.37. The minimum absolute atomic E-state index is 0.0429. The first kappa shape index (κ1) is 13.1. The largest absolute Gasteiger partial charge is 0.324 e. The van der Waals surface area contributed by atoms with Gasteiger partial charge in [-0.15, -0.1) is 0 Å². The molecule has 0 saturated carbocycles. The number of piperidine rings is 1. The van der Waals surface area contributed by atoms with E-state index in [1.165, 1.54) is 5.56 Å². The van der Waals surface area contributed by atoms with Gasteiger partial charge in [-0.3, -0.25) is 4.79 Å². The fraction of sp³-hybridized carbons (Fsp3) is 0.533. The van der Waals surface area contributed by atoms with Crippen molar-refractivity contribution >= 4 is 11.6 Å². The van der Waals surface area contributed by atoms with Crippen LogP contribution < -0.4 is 10.6 Å². The van der Waals surface area contributed by atoms with Crippen molar-refractivity contribution < 1.29 is 4.79 Å². The van der Waals surface area contributed by atoms with Crippen LogP contribution in [0.3, 0.4) is 0 Å². The molecule has 2 atom stereocenters. The number of hydrogen-bond donors (Lipinski definition) is 2. The lowest BCUT2D eigenvalue weighted by atomic mass is 9.94. The topological polar surface area (TPSA) is 41.1 Å². The average molecular weight is 246 g/mol. The standard InChI is InChI=1S/C15H22N2O/c1-3-12-6-4-5-7-13(12)17-15(18)14-10-11(2)8-9-16-14/h4-7,11,14,16H,3,8-10H2,1-2H3,(H,17,18). The maximum atomic E-state index is 12.2. The highest BCUT2D eigenvalue weighted by Crippen LogP contribution is 2.19. The van der Waals surface area contributed by atoms with E-state index in [0.29, 0.717) is 5.92 Å². The molecule has 2 N–H and O–H groups in total. The summed E-state index contributed by atoms with van der Waals surface area (Å²) >= 11 is 0. The Hall–Kier alpha value is -1.35. The minimum Gasteiger partial charge on any atom is -0.324 e. The zero-order valence-electron chi connectivity index (χ0n) is 11.2. The van der Waals surface area contributed by atoms with E-state index in [1.807, 2.05) is 18.2 Å². The van der Waals surface area contributed by atoms with Crippen molar-refractivity contribution in [1.29, 1.82) is 0 Å². The molecular formula is C15H22N2O. The summed E-state index contributed by atoms with van der Waals surface area (Å²) in [6, 6.07) is 7.97. The molecular weight excluding hydrogens is 224 g/mol. The number of carbonyl (C=O) groups is 1. The molecule has 1 amide bonds. The Morgan fingerprint density at radius 3 is 2.94 bits per heavy atom. The minimum atomic E-state index is -0.0429. The van der Waals surface area contributed by atoms with Crippen LogP contribution in [0.5, 0.6) is 0 Å². The van der Waals surface area contributed by atoms with Crippen LogP contribution in [0, 0.1) is 5.92 Å². The maximum Gasteiger partial charge on any atom is 0.241 e. The fourth-order valence-corrected chi connectivity index (χ4v) is 2.48. The first-order valence-corrected chi connectivity index (χ1v) is 6.83. The van der Waals surface area contributed by atoms with Crippen molar-refractivity contribution in [3.05, 3.63) is 29.8 Å². The van der Waals surface area contributed by atoms with Gasteiger partial charge in [-0.25, -0.2) is 0 Å². The lowest BCUT2D eigenvalue weighted by Crippen LogP contribution is -2.45. The highest BCUT2D eigenvalue weighted by molar-refractivity contribution is 5.95. The lowest BCUT2D eigenvalue weighted by molar-refractivity contribution is -0.119. The van der Waals surface area contributed by atoms with Crippen LogP contribution in [-0.2, 0) is 11.2 Å². The van der Waals surface area contributed by atoms with E-state index in [0.717, 1.165) is 31.5 Å². The first-order chi connectivity index (χ1) is 8.70. The van der Waals surface area contributed by atoms with Gasteiger partial charge in [0.1, 0.15) is 0 Å². The maximum absolute atomic E-state index is 12.2. The van der Waals surface area contributed by atoms with E-state index in [9.17, 15) is 4.79 Å². The first-order valence-electron chi connectivity index (χ1n) is 6.83. The number of anilines is 1. The van der Waals surface area contributed by atoms with Gasteiger partial charge < -0.3 is 10.6 Å². The van der Waals surface area contributed by atoms with E-state index >= 15 is 0 Å². The monoisotopic (exact) mass is 246 g/mol. The van der Waals surface area contributed by atoms with Crippen molar-refractivity contribution in [2.24, 2.45) is 5.92 Å². The second-order valence-corrected chi connectivity index (χ2v) is 5.14. The van der Waals surface area contributed by atoms with Crippen LogP contribution in [0.1, 0.15) is 32.3 Å². The third kappa shape index (κ3) is 3.10. The summed E-state index contributed by atoms with van der Waals surface area (Å²) in [5, 5.41) is 6.35. The van der Waals surface area contributed by atoms with E-state index in [4.69, 9.17) is 0 Å². The number of benzene rings is 1. The summed E-state index contributed by atoms with van der Waals surface area (Å²) in [6.07, 6.45) is 3.03. The lowest BCUT2D eigenvalue weighted by Gasteiger charge is -2.27. The van der Waals surface area contributed by atoms with Gasteiger partial charge in [-0.1, -0.05) is 32.0 Å². The second kappa shape index (κ2) is 6.01. The van der Waals surface area contributed by atoms with E-state index in [1.54, 1.807) is 0 Å².